The Hall–Kier alpha value is -3.92. The number of benzene rings is 3. The molecular weight excluding hydrogens is 598 g/mol. The van der Waals surface area contributed by atoms with E-state index in [9.17, 15) is 13.2 Å². The fraction of sp³-hybridized carbons (Fsp3) is 0.294. The van der Waals surface area contributed by atoms with Crippen LogP contribution in [0, 0.1) is 0 Å². The van der Waals surface area contributed by atoms with E-state index in [1.807, 2.05) is 72.9 Å². The number of nitrogens with zero attached hydrogens (tertiary/aromatic N) is 2. The van der Waals surface area contributed by atoms with Crippen LogP contribution >= 0.6 is 11.6 Å². The Morgan fingerprint density at radius 1 is 0.841 bits per heavy atom. The summed E-state index contributed by atoms with van der Waals surface area (Å²) < 4.78 is 37.8. The van der Waals surface area contributed by atoms with Crippen molar-refractivity contribution in [1.82, 2.24) is 14.5 Å². The molecule has 3 aromatic rings. The number of hydrogen-bond acceptors (Lipinski definition) is 5. The number of fused-ring (bicyclic) bond motifs is 1. The number of hydrogen-bond donors (Lipinski definition) is 2. The van der Waals surface area contributed by atoms with E-state index in [0.29, 0.717) is 48.2 Å². The Balaban J connectivity index is 1.25. The normalized spacial score (nSPS) is 11.7. The van der Waals surface area contributed by atoms with Crippen molar-refractivity contribution in [2.75, 3.05) is 12.4 Å². The molecule has 0 radical (unpaired) electrons. The summed E-state index contributed by atoms with van der Waals surface area (Å²) in [6.07, 6.45) is 7.69. The summed E-state index contributed by atoms with van der Waals surface area (Å²) in [6, 6.07) is 25.6. The van der Waals surface area contributed by atoms with Crippen molar-refractivity contribution in [3.8, 4) is 22.8 Å². The van der Waals surface area contributed by atoms with Crippen molar-refractivity contribution >= 4 is 21.7 Å². The van der Waals surface area contributed by atoms with E-state index >= 15 is 0 Å². The van der Waals surface area contributed by atoms with Crippen LogP contribution in [0.4, 0.5) is 0 Å². The predicted molar refractivity (Wildman–Crippen MR) is 174 cm³/mol. The topological polar surface area (TPSA) is 114 Å². The molecule has 0 fully saturated rings. The molecule has 0 bridgehead atoms. The molecule has 10 heteroatoms. The van der Waals surface area contributed by atoms with Crippen molar-refractivity contribution in [3.63, 3.8) is 0 Å². The number of unbranched alkanes of at least 4 members (excludes halogenated alkanes) is 5. The van der Waals surface area contributed by atoms with Gasteiger partial charge in [-0.05, 0) is 41.7 Å². The van der Waals surface area contributed by atoms with Crippen molar-refractivity contribution in [2.24, 2.45) is 0 Å². The first-order chi connectivity index (χ1) is 21.3. The zero-order valence-electron chi connectivity index (χ0n) is 24.4. The minimum atomic E-state index is -3.87. The fourth-order valence-electron chi connectivity index (χ4n) is 5.22. The maximum atomic E-state index is 13.6. The van der Waals surface area contributed by atoms with Crippen LogP contribution in [-0.2, 0) is 23.0 Å². The van der Waals surface area contributed by atoms with Gasteiger partial charge in [-0.2, -0.15) is 8.42 Å². The highest BCUT2D eigenvalue weighted by Gasteiger charge is 2.21. The van der Waals surface area contributed by atoms with Gasteiger partial charge in [-0.15, -0.1) is 0 Å². The molecule has 0 atom stereocenters. The average Bonchev–Trinajstić information content (AvgIpc) is 3.32. The van der Waals surface area contributed by atoms with Gasteiger partial charge in [0, 0.05) is 19.0 Å². The largest absolute Gasteiger partial charge is 0.492 e. The van der Waals surface area contributed by atoms with Crippen LogP contribution < -0.4 is 10.3 Å². The van der Waals surface area contributed by atoms with Crippen LogP contribution in [0.5, 0.6) is 5.75 Å². The lowest BCUT2D eigenvalue weighted by Crippen LogP contribution is -2.17. The third-order valence-electron chi connectivity index (χ3n) is 7.48. The van der Waals surface area contributed by atoms with Crippen LogP contribution in [0.2, 0.25) is 5.02 Å². The Bertz CT molecular complexity index is 1800. The van der Waals surface area contributed by atoms with Gasteiger partial charge in [0.25, 0.3) is 15.7 Å². The summed E-state index contributed by atoms with van der Waals surface area (Å²) in [4.78, 5) is 21.9. The monoisotopic (exact) mass is 633 g/mol. The molecule has 0 aromatic heterocycles. The molecule has 0 unspecified atom stereocenters. The van der Waals surface area contributed by atoms with E-state index < -0.39 is 10.1 Å². The summed E-state index contributed by atoms with van der Waals surface area (Å²) in [5.74, 6) is 1.02. The zero-order valence-corrected chi connectivity index (χ0v) is 26.0. The molecule has 230 valence electrons. The Morgan fingerprint density at radius 2 is 1.52 bits per heavy atom. The highest BCUT2D eigenvalue weighted by atomic mass is 35.5. The summed E-state index contributed by atoms with van der Waals surface area (Å²) >= 11 is 6.55. The van der Waals surface area contributed by atoms with E-state index in [1.54, 1.807) is 4.57 Å². The highest BCUT2D eigenvalue weighted by Crippen LogP contribution is 2.28. The quantitative estimate of drug-likeness (QED) is 0.0938. The van der Waals surface area contributed by atoms with Crippen molar-refractivity contribution in [2.45, 2.75) is 51.4 Å². The van der Waals surface area contributed by atoms with E-state index in [1.165, 1.54) is 0 Å². The van der Waals surface area contributed by atoms with Crippen LogP contribution in [0.25, 0.3) is 17.1 Å². The molecule has 0 spiro atoms. The Kier molecular flexibility index (Phi) is 10.5. The minimum Gasteiger partial charge on any atom is -0.492 e. The highest BCUT2D eigenvalue weighted by molar-refractivity contribution is 7.85. The number of rotatable bonds is 15. The molecule has 0 saturated heterocycles. The predicted octanol–water partition coefficient (Wildman–Crippen LogP) is 7.11. The maximum absolute atomic E-state index is 13.6. The second-order valence-electron chi connectivity index (χ2n) is 10.9. The third kappa shape index (κ3) is 8.59. The third-order valence-corrected chi connectivity index (χ3v) is 8.58. The summed E-state index contributed by atoms with van der Waals surface area (Å²) in [6.45, 7) is 0.520. The average molecular weight is 634 g/mol. The van der Waals surface area contributed by atoms with Gasteiger partial charge in [0.05, 0.1) is 28.8 Å². The van der Waals surface area contributed by atoms with Crippen molar-refractivity contribution in [1.29, 1.82) is 0 Å². The van der Waals surface area contributed by atoms with Gasteiger partial charge in [0.2, 0.25) is 0 Å². The van der Waals surface area contributed by atoms with E-state index in [2.05, 4.69) is 17.1 Å². The molecule has 2 N–H and O–H groups in total. The zero-order chi connectivity index (χ0) is 30.9. The molecule has 0 saturated carbocycles. The van der Waals surface area contributed by atoms with Crippen molar-refractivity contribution in [3.05, 3.63) is 123 Å². The molecule has 3 aromatic carbocycles. The summed E-state index contributed by atoms with van der Waals surface area (Å²) in [7, 11) is -3.87. The van der Waals surface area contributed by atoms with Gasteiger partial charge >= 0.3 is 0 Å². The van der Waals surface area contributed by atoms with Gasteiger partial charge in [0.1, 0.15) is 11.4 Å². The number of halogens is 1. The molecule has 2 heterocycles. The van der Waals surface area contributed by atoms with Crippen molar-refractivity contribution < 1.29 is 17.7 Å². The molecule has 0 aliphatic carbocycles. The van der Waals surface area contributed by atoms with E-state index in [-0.39, 0.29) is 11.3 Å². The van der Waals surface area contributed by atoms with Gasteiger partial charge in [-0.3, -0.25) is 13.9 Å². The number of aromatic amines is 1. The molecule has 5 rings (SSSR count). The first kappa shape index (κ1) is 31.5. The van der Waals surface area contributed by atoms with Gasteiger partial charge in [0.15, 0.2) is 5.82 Å². The van der Waals surface area contributed by atoms with Gasteiger partial charge in [-0.25, -0.2) is 4.98 Å². The summed E-state index contributed by atoms with van der Waals surface area (Å²) in [5.41, 5.74) is 4.95. The van der Waals surface area contributed by atoms with Crippen LogP contribution in [0.15, 0.2) is 89.9 Å². The number of nitrogens with one attached hydrogen (secondary N) is 1. The smallest absolute Gasteiger partial charge is 0.278 e. The second-order valence-corrected chi connectivity index (χ2v) is 12.9. The number of imidazole rings is 1. The minimum absolute atomic E-state index is 0.157. The Labute approximate surface area is 262 Å². The van der Waals surface area contributed by atoms with E-state index in [0.717, 1.165) is 60.2 Å². The first-order valence-electron chi connectivity index (χ1n) is 14.9. The van der Waals surface area contributed by atoms with Crippen LogP contribution in [0.3, 0.4) is 0 Å². The van der Waals surface area contributed by atoms with Crippen LogP contribution in [0.1, 0.15) is 61.0 Å². The molecule has 2 aliphatic heterocycles. The Morgan fingerprint density at radius 3 is 2.23 bits per heavy atom. The number of H-pyrrole nitrogens is 1. The lowest BCUT2D eigenvalue weighted by atomic mass is 10.1. The molecular formula is C34H36ClN3O5S. The second kappa shape index (κ2) is 14.7. The molecule has 0 amide bonds. The van der Waals surface area contributed by atoms with Gasteiger partial charge in [-0.1, -0.05) is 104 Å². The SMILES string of the molecule is O=c1c(Cc2ccc(OCCCCCCCCS(=O)(=O)O)c(Cl)c2)nc2c(Cc3ccccc3)[nH]c(-c3ccccc3)cn1-2. The van der Waals surface area contributed by atoms with Crippen LogP contribution in [-0.4, -0.2) is 39.9 Å². The number of ether oxygens (including phenoxy) is 1. The maximum Gasteiger partial charge on any atom is 0.278 e. The fourth-order valence-corrected chi connectivity index (χ4v) is 6.05. The molecule has 8 nitrogen and oxygen atoms in total. The lowest BCUT2D eigenvalue weighted by molar-refractivity contribution is 0.304. The van der Waals surface area contributed by atoms with E-state index in [4.69, 9.17) is 25.9 Å². The molecule has 2 aliphatic rings. The lowest BCUT2D eigenvalue weighted by Gasteiger charge is -2.13. The first-order valence-corrected chi connectivity index (χ1v) is 16.8. The number of aromatic nitrogens is 3. The summed E-state index contributed by atoms with van der Waals surface area (Å²) in [5, 5.41) is 0.480. The van der Waals surface area contributed by atoms with Gasteiger partial charge < -0.3 is 9.72 Å². The standard InChI is InChI=1S/C34H36ClN3O5S/c35-28-21-26(17-18-32(28)43-19-11-3-1-2-4-12-20-44(40,41)42)23-30-34(39)38-24-31(27-15-9-6-10-16-27)36-29(33(38)37-30)22-25-13-7-5-8-14-25/h5-10,13-18,21,24,36H,1-4,11-12,19-20,22-23H2,(H,40,41,42). The molecule has 44 heavy (non-hydrogen) atoms.